The summed E-state index contributed by atoms with van der Waals surface area (Å²) in [5.74, 6) is -1.24. The molecule has 178 valence electrons. The summed E-state index contributed by atoms with van der Waals surface area (Å²) in [6.07, 6.45) is 2.68. The molecule has 1 aromatic rings. The van der Waals surface area contributed by atoms with Crippen LogP contribution in [0.2, 0.25) is 0 Å². The number of aliphatic imine (C=N–C) groups is 1. The van der Waals surface area contributed by atoms with Crippen molar-refractivity contribution < 1.29 is 14.4 Å². The van der Waals surface area contributed by atoms with Gasteiger partial charge in [0.1, 0.15) is 23.4 Å². The van der Waals surface area contributed by atoms with Crippen LogP contribution in [0.1, 0.15) is 37.7 Å². The van der Waals surface area contributed by atoms with E-state index < -0.39 is 23.3 Å². The number of nitrogens with two attached hydrogens (primary N) is 1. The molecule has 2 unspecified atom stereocenters. The largest absolute Gasteiger partial charge is 0.336 e. The first-order chi connectivity index (χ1) is 15.5. The number of amides is 3. The minimum Gasteiger partial charge on any atom is -0.336 e. The fourth-order valence-electron chi connectivity index (χ4n) is 3.36. The molecule has 1 aliphatic heterocycles. The van der Waals surface area contributed by atoms with Gasteiger partial charge in [0.05, 0.1) is 6.21 Å². The Labute approximate surface area is 193 Å². The highest BCUT2D eigenvalue weighted by Crippen LogP contribution is 2.30. The van der Waals surface area contributed by atoms with Crippen LogP contribution < -0.4 is 16.0 Å². The molecule has 0 bridgehead atoms. The second kappa shape index (κ2) is 10.9. The zero-order valence-electron chi connectivity index (χ0n) is 19.5. The zero-order valence-corrected chi connectivity index (χ0v) is 19.5. The highest BCUT2D eigenvalue weighted by atomic mass is 16.2. The minimum absolute atomic E-state index is 0.0195. The van der Waals surface area contributed by atoms with E-state index in [4.69, 9.17) is 16.6 Å². The summed E-state index contributed by atoms with van der Waals surface area (Å²) in [4.78, 5) is 48.7. The van der Waals surface area contributed by atoms with Crippen LogP contribution in [0, 0.1) is 22.2 Å². The zero-order chi connectivity index (χ0) is 24.8. The van der Waals surface area contributed by atoms with Crippen molar-refractivity contribution in [2.75, 3.05) is 31.6 Å². The maximum absolute atomic E-state index is 12.9. The molecule has 0 spiro atoms. The fourth-order valence-corrected chi connectivity index (χ4v) is 3.36. The van der Waals surface area contributed by atoms with Gasteiger partial charge < -0.3 is 16.5 Å². The van der Waals surface area contributed by atoms with E-state index in [-0.39, 0.29) is 35.7 Å². The average molecular weight is 457 g/mol. The first-order valence-corrected chi connectivity index (χ1v) is 10.7. The number of anilines is 1. The lowest BCUT2D eigenvalue weighted by Crippen LogP contribution is -2.50. The lowest BCUT2D eigenvalue weighted by molar-refractivity contribution is -0.131. The Kier molecular flexibility index (Phi) is 8.52. The van der Waals surface area contributed by atoms with Crippen molar-refractivity contribution in [3.05, 3.63) is 23.9 Å². The molecule has 0 radical (unpaired) electrons. The van der Waals surface area contributed by atoms with E-state index in [1.165, 1.54) is 29.1 Å². The molecule has 1 aromatic heterocycles. The third-order valence-electron chi connectivity index (χ3n) is 5.48. The number of hydrogen-bond donors (Lipinski definition) is 4. The first-order valence-electron chi connectivity index (χ1n) is 10.7. The van der Waals surface area contributed by atoms with E-state index in [1.54, 1.807) is 12.1 Å². The maximum atomic E-state index is 12.9. The van der Waals surface area contributed by atoms with E-state index >= 15 is 0 Å². The van der Waals surface area contributed by atoms with E-state index in [9.17, 15) is 14.4 Å². The van der Waals surface area contributed by atoms with Gasteiger partial charge in [-0.2, -0.15) is 0 Å². The van der Waals surface area contributed by atoms with Gasteiger partial charge in [-0.25, -0.2) is 4.98 Å². The summed E-state index contributed by atoms with van der Waals surface area (Å²) in [5.41, 5.74) is 5.12. The molecule has 2 rings (SSSR count). The molecule has 2 atom stereocenters. The van der Waals surface area contributed by atoms with Crippen LogP contribution in [0.5, 0.6) is 0 Å². The third kappa shape index (κ3) is 6.07. The molecule has 33 heavy (non-hydrogen) atoms. The number of nitrogens with one attached hydrogen (secondary N) is 3. The minimum atomic E-state index is -0.928. The van der Waals surface area contributed by atoms with Gasteiger partial charge in [-0.1, -0.05) is 26.8 Å². The van der Waals surface area contributed by atoms with Crippen LogP contribution in [0.3, 0.4) is 0 Å². The fraction of sp³-hybridized carbons (Fsp3) is 0.500. The van der Waals surface area contributed by atoms with Gasteiger partial charge in [0.15, 0.2) is 0 Å². The topological polar surface area (TPSA) is 169 Å². The lowest BCUT2D eigenvalue weighted by atomic mass is 9.92. The quantitative estimate of drug-likeness (QED) is 0.316. The summed E-state index contributed by atoms with van der Waals surface area (Å²) < 4.78 is 0. The molecule has 0 aromatic carbocycles. The van der Waals surface area contributed by atoms with Crippen LogP contribution in [-0.2, 0) is 9.59 Å². The SMILES string of the molecule is CN=CC(NC(=O)c1cccc(N(CC(C)CN)C(=O)C=N)n1)C(=N)N1CCC(C)(C)C1=O. The molecule has 11 heteroatoms. The normalized spacial score (nSPS) is 17.0. The van der Waals surface area contributed by atoms with Crippen LogP contribution in [0.4, 0.5) is 5.82 Å². The number of aromatic nitrogens is 1. The summed E-state index contributed by atoms with van der Waals surface area (Å²) >= 11 is 0. The highest BCUT2D eigenvalue weighted by molar-refractivity contribution is 6.31. The van der Waals surface area contributed by atoms with Gasteiger partial charge >= 0.3 is 0 Å². The first kappa shape index (κ1) is 25.8. The number of likely N-dealkylation sites (tertiary alicyclic amines) is 1. The van der Waals surface area contributed by atoms with Crippen molar-refractivity contribution in [3.63, 3.8) is 0 Å². The number of rotatable bonds is 9. The monoisotopic (exact) mass is 456 g/mol. The van der Waals surface area contributed by atoms with Crippen LogP contribution in [-0.4, -0.2) is 78.6 Å². The van der Waals surface area contributed by atoms with E-state index in [0.717, 1.165) is 0 Å². The maximum Gasteiger partial charge on any atom is 0.270 e. The average Bonchev–Trinajstić information content (AvgIpc) is 3.08. The smallest absolute Gasteiger partial charge is 0.270 e. The Bertz CT molecular complexity index is 959. The Morgan fingerprint density at radius 2 is 2.12 bits per heavy atom. The van der Waals surface area contributed by atoms with Crippen molar-refractivity contribution in [3.8, 4) is 0 Å². The number of carbonyl (C=O) groups excluding carboxylic acids is 3. The molecule has 3 amide bonds. The molecule has 1 aliphatic rings. The molecule has 0 aliphatic carbocycles. The standard InChI is InChI=1S/C22H32N8O3/c1-14(10-23)13-30(18(31)11-24)17-7-5-6-15(27-17)20(32)28-16(12-26-4)19(25)29-9-8-22(2,3)21(29)33/h5-7,11-12,14,16,24-25H,8-10,13,23H2,1-4H3,(H,28,32). The van der Waals surface area contributed by atoms with Crippen molar-refractivity contribution >= 4 is 41.8 Å². The van der Waals surface area contributed by atoms with E-state index in [2.05, 4.69) is 15.3 Å². The second-order valence-corrected chi connectivity index (χ2v) is 8.65. The third-order valence-corrected chi connectivity index (χ3v) is 5.48. The molecule has 1 saturated heterocycles. The Morgan fingerprint density at radius 3 is 2.67 bits per heavy atom. The van der Waals surface area contributed by atoms with Crippen molar-refractivity contribution in [1.82, 2.24) is 15.2 Å². The number of nitrogens with zero attached hydrogens (tertiary/aromatic N) is 4. The number of pyridine rings is 1. The van der Waals surface area contributed by atoms with Crippen LogP contribution in [0.15, 0.2) is 23.2 Å². The summed E-state index contributed by atoms with van der Waals surface area (Å²) in [6.45, 7) is 6.49. The van der Waals surface area contributed by atoms with Crippen molar-refractivity contribution in [2.45, 2.75) is 33.2 Å². The van der Waals surface area contributed by atoms with Gasteiger partial charge in [-0.3, -0.25) is 34.6 Å². The Morgan fingerprint density at radius 1 is 1.42 bits per heavy atom. The highest BCUT2D eigenvalue weighted by Gasteiger charge is 2.41. The van der Waals surface area contributed by atoms with Crippen molar-refractivity contribution in [1.29, 1.82) is 10.8 Å². The summed E-state index contributed by atoms with van der Waals surface area (Å²) in [7, 11) is 1.51. The molecule has 11 nitrogen and oxygen atoms in total. The number of carbonyl (C=O) groups is 3. The van der Waals surface area contributed by atoms with E-state index in [0.29, 0.717) is 25.7 Å². The van der Waals surface area contributed by atoms with Crippen LogP contribution in [0.25, 0.3) is 0 Å². The molecule has 0 saturated carbocycles. The van der Waals surface area contributed by atoms with Gasteiger partial charge in [-0.05, 0) is 31.0 Å². The number of hydrogen-bond acceptors (Lipinski definition) is 8. The molecule has 2 heterocycles. The summed E-state index contributed by atoms with van der Waals surface area (Å²) in [6, 6.07) is 3.70. The van der Waals surface area contributed by atoms with Gasteiger partial charge in [0, 0.05) is 31.8 Å². The molecular formula is C22H32N8O3. The predicted octanol–water partition coefficient (Wildman–Crippen LogP) is 0.694. The Balaban J connectivity index is 2.25. The Hall–Kier alpha value is -3.47. The van der Waals surface area contributed by atoms with Crippen LogP contribution >= 0.6 is 0 Å². The van der Waals surface area contributed by atoms with Crippen molar-refractivity contribution in [2.24, 2.45) is 22.1 Å². The van der Waals surface area contributed by atoms with Gasteiger partial charge in [-0.15, -0.1) is 0 Å². The molecule has 5 N–H and O–H groups in total. The summed E-state index contributed by atoms with van der Waals surface area (Å²) in [5, 5.41) is 18.5. The van der Waals surface area contributed by atoms with Gasteiger partial charge in [0.2, 0.25) is 5.91 Å². The van der Waals surface area contributed by atoms with E-state index in [1.807, 2.05) is 20.8 Å². The van der Waals surface area contributed by atoms with Gasteiger partial charge in [0.25, 0.3) is 11.8 Å². The second-order valence-electron chi connectivity index (χ2n) is 8.65. The molecule has 1 fully saturated rings. The lowest BCUT2D eigenvalue weighted by Gasteiger charge is -2.25. The molecular weight excluding hydrogens is 424 g/mol. The predicted molar refractivity (Wildman–Crippen MR) is 127 cm³/mol. The number of amidine groups is 1.